The van der Waals surface area contributed by atoms with Gasteiger partial charge in [0.05, 0.1) is 30.0 Å². The predicted molar refractivity (Wildman–Crippen MR) is 125 cm³/mol. The van der Waals surface area contributed by atoms with Crippen molar-refractivity contribution in [1.29, 1.82) is 0 Å². The lowest BCUT2D eigenvalue weighted by Gasteiger charge is -2.20. The Hall–Kier alpha value is -3.19. The van der Waals surface area contributed by atoms with Crippen LogP contribution in [-0.4, -0.2) is 33.8 Å². The van der Waals surface area contributed by atoms with E-state index in [1.54, 1.807) is 4.90 Å². The van der Waals surface area contributed by atoms with Gasteiger partial charge in [-0.3, -0.25) is 14.4 Å². The minimum atomic E-state index is 0.0183. The van der Waals surface area contributed by atoms with E-state index in [1.165, 1.54) is 11.3 Å². The number of fused-ring (bicyclic) bond motifs is 1. The Bertz CT molecular complexity index is 1180. The Morgan fingerprint density at radius 2 is 1.94 bits per heavy atom. The van der Waals surface area contributed by atoms with Crippen molar-refractivity contribution in [2.45, 2.75) is 33.7 Å². The summed E-state index contributed by atoms with van der Waals surface area (Å²) in [6, 6.07) is 17.7. The predicted octanol–water partition coefficient (Wildman–Crippen LogP) is 4.78. The molecule has 0 bridgehead atoms. The van der Waals surface area contributed by atoms with Gasteiger partial charge in [0.2, 0.25) is 5.91 Å². The van der Waals surface area contributed by atoms with E-state index >= 15 is 0 Å². The summed E-state index contributed by atoms with van der Waals surface area (Å²) in [4.78, 5) is 19.9. The van der Waals surface area contributed by atoms with Gasteiger partial charge in [0, 0.05) is 12.2 Å². The summed E-state index contributed by atoms with van der Waals surface area (Å²) in [5.41, 5.74) is 3.84. The van der Waals surface area contributed by atoms with Crippen LogP contribution in [0.5, 0.6) is 5.75 Å². The highest BCUT2D eigenvalue weighted by Gasteiger charge is 2.21. The standard InChI is InChI=1S/C24H26N4O2S/c1-4-30-20-11-8-12-21-23(20)25-24(31-21)27(13-14-28-18(3)15-17(2)26-28)22(29)16-19-9-6-5-7-10-19/h5-12,15H,4,13-14,16H2,1-3H3. The molecule has 0 aliphatic carbocycles. The molecule has 2 aromatic carbocycles. The summed E-state index contributed by atoms with van der Waals surface area (Å²) >= 11 is 1.51. The highest BCUT2D eigenvalue weighted by atomic mass is 32.1. The van der Waals surface area contributed by atoms with Gasteiger partial charge in [0.1, 0.15) is 11.3 Å². The number of ether oxygens (including phenoxy) is 1. The molecule has 0 aliphatic heterocycles. The van der Waals surface area contributed by atoms with E-state index in [-0.39, 0.29) is 5.91 Å². The number of hydrogen-bond acceptors (Lipinski definition) is 5. The van der Waals surface area contributed by atoms with Gasteiger partial charge in [-0.05, 0) is 44.5 Å². The van der Waals surface area contributed by atoms with Gasteiger partial charge in [0.25, 0.3) is 0 Å². The average Bonchev–Trinajstić information content (AvgIpc) is 3.32. The molecule has 0 spiro atoms. The van der Waals surface area contributed by atoms with Crippen LogP contribution in [0.2, 0.25) is 0 Å². The highest BCUT2D eigenvalue weighted by molar-refractivity contribution is 7.22. The van der Waals surface area contributed by atoms with Crippen molar-refractivity contribution in [3.8, 4) is 5.75 Å². The average molecular weight is 435 g/mol. The van der Waals surface area contributed by atoms with Crippen molar-refractivity contribution >= 4 is 32.6 Å². The molecule has 0 fully saturated rings. The molecular weight excluding hydrogens is 408 g/mol. The maximum absolute atomic E-state index is 13.3. The first-order valence-corrected chi connectivity index (χ1v) is 11.2. The number of thiazole rings is 1. The maximum Gasteiger partial charge on any atom is 0.233 e. The van der Waals surface area contributed by atoms with Crippen molar-refractivity contribution in [1.82, 2.24) is 14.8 Å². The summed E-state index contributed by atoms with van der Waals surface area (Å²) in [7, 11) is 0. The van der Waals surface area contributed by atoms with Crippen LogP contribution in [0.3, 0.4) is 0 Å². The second kappa shape index (κ2) is 9.31. The molecule has 0 saturated carbocycles. The van der Waals surface area contributed by atoms with Gasteiger partial charge in [-0.15, -0.1) is 0 Å². The van der Waals surface area contributed by atoms with E-state index in [9.17, 15) is 4.79 Å². The molecule has 0 N–H and O–H groups in total. The van der Waals surface area contributed by atoms with Gasteiger partial charge in [-0.25, -0.2) is 4.98 Å². The summed E-state index contributed by atoms with van der Waals surface area (Å²) in [5.74, 6) is 0.765. The van der Waals surface area contributed by atoms with Gasteiger partial charge >= 0.3 is 0 Å². The zero-order valence-electron chi connectivity index (χ0n) is 18.0. The monoisotopic (exact) mass is 434 g/mol. The van der Waals surface area contributed by atoms with Crippen LogP contribution in [0.4, 0.5) is 5.13 Å². The van der Waals surface area contributed by atoms with Crippen LogP contribution in [-0.2, 0) is 17.8 Å². The summed E-state index contributed by atoms with van der Waals surface area (Å²) in [5, 5.41) is 5.23. The molecule has 6 nitrogen and oxygen atoms in total. The number of para-hydroxylation sites is 1. The number of amides is 1. The van der Waals surface area contributed by atoms with Crippen molar-refractivity contribution < 1.29 is 9.53 Å². The van der Waals surface area contributed by atoms with Gasteiger partial charge < -0.3 is 4.74 Å². The number of hydrogen-bond donors (Lipinski definition) is 0. The van der Waals surface area contributed by atoms with Crippen molar-refractivity contribution in [3.63, 3.8) is 0 Å². The van der Waals surface area contributed by atoms with Crippen LogP contribution in [0.1, 0.15) is 23.9 Å². The fourth-order valence-electron chi connectivity index (χ4n) is 3.59. The minimum absolute atomic E-state index is 0.0183. The first-order chi connectivity index (χ1) is 15.0. The molecule has 2 heterocycles. The molecular formula is C24H26N4O2S. The Morgan fingerprint density at radius 3 is 2.65 bits per heavy atom. The molecule has 0 saturated heterocycles. The SMILES string of the molecule is CCOc1cccc2sc(N(CCn3nc(C)cc3C)C(=O)Cc3ccccc3)nc12. The minimum Gasteiger partial charge on any atom is -0.492 e. The fourth-order valence-corrected chi connectivity index (χ4v) is 4.61. The molecule has 0 unspecified atom stereocenters. The lowest BCUT2D eigenvalue weighted by molar-refractivity contribution is -0.118. The van der Waals surface area contributed by atoms with Crippen molar-refractivity contribution in [2.24, 2.45) is 0 Å². The number of aromatic nitrogens is 3. The molecule has 4 rings (SSSR count). The maximum atomic E-state index is 13.3. The number of rotatable bonds is 8. The first-order valence-electron chi connectivity index (χ1n) is 10.4. The zero-order chi connectivity index (χ0) is 21.8. The Kier molecular flexibility index (Phi) is 6.32. The Morgan fingerprint density at radius 1 is 1.13 bits per heavy atom. The summed E-state index contributed by atoms with van der Waals surface area (Å²) in [6.07, 6.45) is 0.326. The van der Waals surface area contributed by atoms with E-state index in [0.717, 1.165) is 32.9 Å². The molecule has 31 heavy (non-hydrogen) atoms. The Labute approximate surface area is 186 Å². The number of aryl methyl sites for hydroxylation is 2. The number of carbonyl (C=O) groups excluding carboxylic acids is 1. The first kappa shape index (κ1) is 21.1. The second-order valence-electron chi connectivity index (χ2n) is 7.39. The molecule has 0 aliphatic rings. The smallest absolute Gasteiger partial charge is 0.233 e. The Balaban J connectivity index is 1.65. The van der Waals surface area contributed by atoms with E-state index < -0.39 is 0 Å². The quantitative estimate of drug-likeness (QED) is 0.400. The molecule has 0 atom stereocenters. The van der Waals surface area contributed by atoms with Crippen molar-refractivity contribution in [3.05, 3.63) is 71.5 Å². The topological polar surface area (TPSA) is 60.2 Å². The lowest BCUT2D eigenvalue weighted by atomic mass is 10.1. The van der Waals surface area contributed by atoms with Crippen LogP contribution in [0.15, 0.2) is 54.6 Å². The van der Waals surface area contributed by atoms with E-state index in [4.69, 9.17) is 9.72 Å². The number of anilines is 1. The van der Waals surface area contributed by atoms with Crippen LogP contribution in [0.25, 0.3) is 10.2 Å². The van der Waals surface area contributed by atoms with Crippen LogP contribution in [0, 0.1) is 13.8 Å². The third kappa shape index (κ3) is 4.77. The van der Waals surface area contributed by atoms with E-state index in [1.807, 2.05) is 80.1 Å². The van der Waals surface area contributed by atoms with Gasteiger partial charge in [-0.2, -0.15) is 5.10 Å². The second-order valence-corrected chi connectivity index (χ2v) is 8.40. The third-order valence-corrected chi connectivity index (χ3v) is 6.08. The molecule has 1 amide bonds. The van der Waals surface area contributed by atoms with Crippen LogP contribution < -0.4 is 9.64 Å². The molecule has 7 heteroatoms. The molecule has 4 aromatic rings. The largest absolute Gasteiger partial charge is 0.492 e. The normalized spacial score (nSPS) is 11.1. The van der Waals surface area contributed by atoms with Crippen LogP contribution >= 0.6 is 11.3 Å². The number of nitrogens with zero attached hydrogens (tertiary/aromatic N) is 4. The van der Waals surface area contributed by atoms with Gasteiger partial charge in [-0.1, -0.05) is 47.7 Å². The summed E-state index contributed by atoms with van der Waals surface area (Å²) < 4.78 is 8.69. The zero-order valence-corrected chi connectivity index (χ0v) is 18.9. The number of benzene rings is 2. The van der Waals surface area contributed by atoms with Gasteiger partial charge in [0.15, 0.2) is 5.13 Å². The lowest BCUT2D eigenvalue weighted by Crippen LogP contribution is -2.35. The fraction of sp³-hybridized carbons (Fsp3) is 0.292. The third-order valence-electron chi connectivity index (χ3n) is 5.04. The van der Waals surface area contributed by atoms with E-state index in [0.29, 0.717) is 31.2 Å². The number of carbonyl (C=O) groups is 1. The summed E-state index contributed by atoms with van der Waals surface area (Å²) in [6.45, 7) is 7.63. The molecule has 160 valence electrons. The highest BCUT2D eigenvalue weighted by Crippen LogP contribution is 2.34. The van der Waals surface area contributed by atoms with Crippen molar-refractivity contribution in [2.75, 3.05) is 18.1 Å². The van der Waals surface area contributed by atoms with E-state index in [2.05, 4.69) is 5.10 Å². The molecule has 0 radical (unpaired) electrons. The molecule has 2 aromatic heterocycles.